The average Bonchev–Trinajstić information content (AvgIpc) is 1.87. The number of rotatable bonds is 3. The number of hydrogen-bond donors (Lipinski definition) is 0. The Kier molecular flexibility index (Phi) is 3.35. The maximum absolute atomic E-state index is 5.10. The normalized spacial score (nSPS) is 11.5. The largest absolute Gasteiger partial charge is 0.403 e. The molecule has 0 N–H and O–H groups in total. The lowest BCUT2D eigenvalue weighted by Crippen LogP contribution is -2.42. The summed E-state index contributed by atoms with van der Waals surface area (Å²) in [5.74, 6) is 0. The van der Waals surface area contributed by atoms with E-state index in [4.69, 9.17) is 8.85 Å². The first-order valence-corrected chi connectivity index (χ1v) is 4.98. The van der Waals surface area contributed by atoms with E-state index in [-0.39, 0.29) is 0 Å². The molecule has 0 bridgehead atoms. The fourth-order valence-corrected chi connectivity index (χ4v) is 0.957. The van der Waals surface area contributed by atoms with Crippen LogP contribution in [-0.4, -0.2) is 29.5 Å². The van der Waals surface area contributed by atoms with E-state index in [1.54, 1.807) is 14.2 Å². The van der Waals surface area contributed by atoms with Crippen molar-refractivity contribution < 1.29 is 8.85 Å². The molecule has 0 aliphatic heterocycles. The first-order chi connectivity index (χ1) is 3.68. The predicted octanol–water partition coefficient (Wildman–Crippen LogP) is 0.600. The van der Waals surface area contributed by atoms with E-state index in [9.17, 15) is 0 Å². The molecule has 0 rings (SSSR count). The van der Waals surface area contributed by atoms with Gasteiger partial charge in [-0.3, -0.25) is 0 Å². The van der Waals surface area contributed by atoms with Crippen molar-refractivity contribution in [1.29, 1.82) is 0 Å². The monoisotopic (exact) mass is 131 g/mol. The summed E-state index contributed by atoms with van der Waals surface area (Å²) < 4.78 is 10.2. The van der Waals surface area contributed by atoms with Gasteiger partial charge in [-0.15, -0.1) is 0 Å². The minimum atomic E-state index is -1.80. The SMILES string of the molecule is C[B][Si](C)(OC)OC. The van der Waals surface area contributed by atoms with Crippen LogP contribution >= 0.6 is 0 Å². The third kappa shape index (κ3) is 1.98. The molecule has 8 heavy (non-hydrogen) atoms. The summed E-state index contributed by atoms with van der Waals surface area (Å²) in [6.45, 7) is 5.94. The van der Waals surface area contributed by atoms with Gasteiger partial charge in [0.25, 0.3) is 8.43 Å². The maximum atomic E-state index is 5.10. The first-order valence-electron chi connectivity index (χ1n) is 2.59. The molecule has 0 aliphatic carbocycles. The molecule has 0 saturated carbocycles. The van der Waals surface area contributed by atoms with Crippen LogP contribution in [0.4, 0.5) is 0 Å². The molecule has 1 radical (unpaired) electrons. The highest BCUT2D eigenvalue weighted by Gasteiger charge is 2.24. The van der Waals surface area contributed by atoms with Gasteiger partial charge >= 0.3 is 0 Å². The molecule has 0 amide bonds. The molecule has 0 aliphatic rings. The van der Waals surface area contributed by atoms with Crippen LogP contribution in [0.2, 0.25) is 13.4 Å². The van der Waals surface area contributed by atoms with Crippen molar-refractivity contribution >= 4 is 15.3 Å². The lowest BCUT2D eigenvalue weighted by Gasteiger charge is -2.20. The molecule has 0 heterocycles. The van der Waals surface area contributed by atoms with Gasteiger partial charge in [0.1, 0.15) is 0 Å². The third-order valence-electron chi connectivity index (χ3n) is 1.33. The predicted molar refractivity (Wildman–Crippen MR) is 37.3 cm³/mol. The smallest absolute Gasteiger partial charge is 0.281 e. The van der Waals surface area contributed by atoms with Crippen molar-refractivity contribution in [3.05, 3.63) is 0 Å². The molecule has 47 valence electrons. The molecule has 0 spiro atoms. The highest BCUT2D eigenvalue weighted by Crippen LogP contribution is 1.99. The van der Waals surface area contributed by atoms with E-state index in [0.29, 0.717) is 0 Å². The lowest BCUT2D eigenvalue weighted by molar-refractivity contribution is 0.272. The third-order valence-corrected chi connectivity index (χ3v) is 4.00. The van der Waals surface area contributed by atoms with Crippen molar-refractivity contribution in [1.82, 2.24) is 0 Å². The van der Waals surface area contributed by atoms with Gasteiger partial charge in [0.15, 0.2) is 6.87 Å². The maximum Gasteiger partial charge on any atom is 0.281 e. The fourth-order valence-electron chi connectivity index (χ4n) is 0.319. The van der Waals surface area contributed by atoms with Crippen molar-refractivity contribution in [3.8, 4) is 0 Å². The van der Waals surface area contributed by atoms with E-state index < -0.39 is 8.43 Å². The van der Waals surface area contributed by atoms with Crippen LogP contribution in [0.15, 0.2) is 0 Å². The van der Waals surface area contributed by atoms with Gasteiger partial charge in [0, 0.05) is 14.2 Å². The van der Waals surface area contributed by atoms with Crippen molar-refractivity contribution in [3.63, 3.8) is 0 Å². The molecule has 0 aromatic carbocycles. The van der Waals surface area contributed by atoms with Crippen LogP contribution < -0.4 is 0 Å². The van der Waals surface area contributed by atoms with Crippen molar-refractivity contribution in [2.45, 2.75) is 13.4 Å². The van der Waals surface area contributed by atoms with E-state index in [1.165, 1.54) is 0 Å². The summed E-state index contributed by atoms with van der Waals surface area (Å²) in [5, 5.41) is 0. The van der Waals surface area contributed by atoms with Gasteiger partial charge in [-0.2, -0.15) is 0 Å². The molecular formula is C4H12BO2Si. The number of hydrogen-bond acceptors (Lipinski definition) is 2. The van der Waals surface area contributed by atoms with Gasteiger partial charge in [0.2, 0.25) is 0 Å². The Labute approximate surface area is 52.6 Å². The zero-order valence-electron chi connectivity index (χ0n) is 5.89. The second-order valence-corrected chi connectivity index (χ2v) is 5.14. The average molecular weight is 131 g/mol. The molecule has 0 saturated heterocycles. The Balaban J connectivity index is 3.58. The Hall–Kier alpha value is 0.202. The van der Waals surface area contributed by atoms with Gasteiger partial charge < -0.3 is 8.85 Å². The van der Waals surface area contributed by atoms with Crippen LogP contribution in [0.1, 0.15) is 0 Å². The molecule has 0 aromatic heterocycles. The fraction of sp³-hybridized carbons (Fsp3) is 1.00. The van der Waals surface area contributed by atoms with Crippen LogP contribution in [0.5, 0.6) is 0 Å². The molecule has 0 aromatic rings. The highest BCUT2D eigenvalue weighted by molar-refractivity contribution is 7.16. The summed E-state index contributed by atoms with van der Waals surface area (Å²) in [5.41, 5.74) is 0. The van der Waals surface area contributed by atoms with E-state index in [2.05, 4.69) is 0 Å². The molecule has 2 nitrogen and oxygen atoms in total. The van der Waals surface area contributed by atoms with Crippen LogP contribution in [-0.2, 0) is 8.85 Å². The molecule has 0 unspecified atom stereocenters. The molecule has 4 heteroatoms. The Morgan fingerprint density at radius 1 is 1.25 bits per heavy atom. The zero-order chi connectivity index (χ0) is 6.62. The second kappa shape index (κ2) is 3.27. The highest BCUT2D eigenvalue weighted by atomic mass is 28.4. The Morgan fingerprint density at radius 2 is 1.62 bits per heavy atom. The Morgan fingerprint density at radius 3 is 1.62 bits per heavy atom. The van der Waals surface area contributed by atoms with E-state index in [0.717, 1.165) is 0 Å². The molecule has 0 atom stereocenters. The van der Waals surface area contributed by atoms with E-state index in [1.807, 2.05) is 20.2 Å². The summed E-state index contributed by atoms with van der Waals surface area (Å²) in [6, 6.07) is 0. The quantitative estimate of drug-likeness (QED) is 0.522. The van der Waals surface area contributed by atoms with Gasteiger partial charge in [0.05, 0.1) is 0 Å². The minimum Gasteiger partial charge on any atom is -0.403 e. The molecule has 0 fully saturated rings. The van der Waals surface area contributed by atoms with Crippen molar-refractivity contribution in [2.75, 3.05) is 14.2 Å². The minimum absolute atomic E-state index is 1.68. The van der Waals surface area contributed by atoms with Crippen molar-refractivity contribution in [2.24, 2.45) is 0 Å². The summed E-state index contributed by atoms with van der Waals surface area (Å²) >= 11 is 0. The van der Waals surface area contributed by atoms with Crippen LogP contribution in [0.3, 0.4) is 0 Å². The summed E-state index contributed by atoms with van der Waals surface area (Å²) in [7, 11) is 1.56. The zero-order valence-corrected chi connectivity index (χ0v) is 6.89. The van der Waals surface area contributed by atoms with Gasteiger partial charge in [-0.1, -0.05) is 6.82 Å². The standard InChI is InChI=1S/C4H12BO2Si/c1-5-8(4,6-2)7-3/h1-4H3. The summed E-state index contributed by atoms with van der Waals surface area (Å²) in [6.07, 6.45) is 0. The second-order valence-electron chi connectivity index (χ2n) is 1.71. The first kappa shape index (κ1) is 8.20. The van der Waals surface area contributed by atoms with Crippen LogP contribution in [0, 0.1) is 0 Å². The summed E-state index contributed by atoms with van der Waals surface area (Å²) in [4.78, 5) is 0. The lowest BCUT2D eigenvalue weighted by atomic mass is 10.2. The van der Waals surface area contributed by atoms with E-state index >= 15 is 0 Å². The van der Waals surface area contributed by atoms with Gasteiger partial charge in [-0.05, 0) is 6.55 Å². The Bertz CT molecular complexity index is 56.8. The molecular weight excluding hydrogens is 119 g/mol. The van der Waals surface area contributed by atoms with Gasteiger partial charge in [-0.25, -0.2) is 0 Å². The topological polar surface area (TPSA) is 18.5 Å². The van der Waals surface area contributed by atoms with Crippen LogP contribution in [0.25, 0.3) is 0 Å².